The average Bonchev–Trinajstić information content (AvgIpc) is 0.699. The first kappa shape index (κ1) is 58.8. The van der Waals surface area contributed by atoms with Gasteiger partial charge in [0.2, 0.25) is 0 Å². The summed E-state index contributed by atoms with van der Waals surface area (Å²) < 4.78 is 0. The first-order valence-corrected chi connectivity index (χ1v) is 32.3. The van der Waals surface area contributed by atoms with Gasteiger partial charge in [0.05, 0.1) is 11.4 Å². The fourth-order valence-electron chi connectivity index (χ4n) is 13.3. The highest BCUT2D eigenvalue weighted by Gasteiger charge is 2.44. The van der Waals surface area contributed by atoms with Crippen LogP contribution in [0.3, 0.4) is 0 Å². The lowest BCUT2D eigenvalue weighted by atomic mass is 9.33. The number of hydrogen-bond acceptors (Lipinski definition) is 4. The lowest BCUT2D eigenvalue weighted by Gasteiger charge is -2.44. The van der Waals surface area contributed by atoms with Crippen LogP contribution in [0.4, 0.5) is 34.1 Å². The van der Waals surface area contributed by atoms with Crippen molar-refractivity contribution >= 4 is 57.2 Å². The lowest BCUT2D eigenvalue weighted by molar-refractivity contribution is 0.568. The molecule has 0 aliphatic carbocycles. The first-order valence-electron chi connectivity index (χ1n) is 32.3. The molecule has 0 spiro atoms. The van der Waals surface area contributed by atoms with Gasteiger partial charge in [-0.2, -0.15) is 0 Å². The Balaban J connectivity index is 1.10. The molecule has 1 aromatic heterocycles. The van der Waals surface area contributed by atoms with Gasteiger partial charge in [0.15, 0.2) is 5.82 Å². The molecule has 0 saturated carbocycles. The van der Waals surface area contributed by atoms with Gasteiger partial charge >= 0.3 is 0 Å². The van der Waals surface area contributed by atoms with E-state index in [0.29, 0.717) is 5.82 Å². The second kappa shape index (κ2) is 22.6. The zero-order valence-electron chi connectivity index (χ0n) is 54.7. The molecule has 11 aromatic carbocycles. The van der Waals surface area contributed by atoms with E-state index in [1.165, 1.54) is 83.1 Å². The zero-order valence-corrected chi connectivity index (χ0v) is 54.7. The minimum atomic E-state index is -0.167. The van der Waals surface area contributed by atoms with Gasteiger partial charge in [-0.15, -0.1) is 0 Å². The molecule has 4 nitrogen and oxygen atoms in total. The average molecular weight is 1180 g/mol. The first-order chi connectivity index (χ1) is 43.6. The van der Waals surface area contributed by atoms with Crippen LogP contribution in [0.1, 0.15) is 105 Å². The highest BCUT2D eigenvalue weighted by Crippen LogP contribution is 2.48. The molecule has 0 N–H and O–H groups in total. The lowest BCUT2D eigenvalue weighted by Crippen LogP contribution is -2.61. The van der Waals surface area contributed by atoms with Crippen LogP contribution >= 0.6 is 0 Å². The molecule has 3 heterocycles. The van der Waals surface area contributed by atoms with E-state index in [9.17, 15) is 0 Å². The van der Waals surface area contributed by atoms with Crippen molar-refractivity contribution in [3.63, 3.8) is 0 Å². The summed E-state index contributed by atoms with van der Waals surface area (Å²) in [5.74, 6) is 0.700. The molecule has 12 aromatic rings. The summed E-state index contributed by atoms with van der Waals surface area (Å²) in [6.07, 6.45) is 0. The third-order valence-corrected chi connectivity index (χ3v) is 18.7. The molecule has 0 bridgehead atoms. The van der Waals surface area contributed by atoms with Gasteiger partial charge in [0.1, 0.15) is 0 Å². The number of benzene rings is 11. The van der Waals surface area contributed by atoms with Crippen molar-refractivity contribution < 1.29 is 0 Å². The van der Waals surface area contributed by atoms with Gasteiger partial charge in [-0.1, -0.05) is 265 Å². The number of fused-ring (bicyclic) bond motifs is 4. The standard InChI is InChI=1S/C86H79BN4/c1-83(2,3)67-45-64(46-68(53-67)84(4,5)6)75-55-76(89-82(88-75)66-47-69(85(7,8)9)54-70(48-66)86(10,11)12)65-51-79-81-80(52-65)91(72-41-35-61(36-42-72)57-27-19-14-20-28-57)78-44-38-63(59-31-23-16-24-32-59)50-74(78)87(81)73-49-62(58-29-21-15-22-30-58)37-43-77(73)90(79)71-39-33-60(34-40-71)56-25-17-13-18-26-56/h13-55H,1-12H3. The van der Waals surface area contributed by atoms with Gasteiger partial charge in [-0.3, -0.25) is 0 Å². The Morgan fingerprint density at radius 3 is 0.890 bits per heavy atom. The molecule has 14 rings (SSSR count). The molecule has 91 heavy (non-hydrogen) atoms. The van der Waals surface area contributed by atoms with Crippen LogP contribution in [-0.4, -0.2) is 16.7 Å². The summed E-state index contributed by atoms with van der Waals surface area (Å²) >= 11 is 0. The van der Waals surface area contributed by atoms with Gasteiger partial charge in [-0.05, 0) is 184 Å². The molecule has 0 fully saturated rings. The minimum absolute atomic E-state index is 0.114. The normalized spacial score (nSPS) is 13.0. The Labute approximate surface area is 540 Å². The van der Waals surface area contributed by atoms with Crippen LogP contribution in [0.5, 0.6) is 0 Å². The monoisotopic (exact) mass is 1180 g/mol. The van der Waals surface area contributed by atoms with Crippen LogP contribution in [0.15, 0.2) is 261 Å². The van der Waals surface area contributed by atoms with Crippen molar-refractivity contribution in [1.82, 2.24) is 9.97 Å². The molecule has 2 aliphatic heterocycles. The minimum Gasteiger partial charge on any atom is -0.311 e. The quantitative estimate of drug-likeness (QED) is 0.135. The number of aromatic nitrogens is 2. The number of hydrogen-bond donors (Lipinski definition) is 0. The van der Waals surface area contributed by atoms with Crippen LogP contribution in [0.2, 0.25) is 0 Å². The van der Waals surface area contributed by atoms with Gasteiger partial charge in [0, 0.05) is 50.8 Å². The molecule has 5 heteroatoms. The highest BCUT2D eigenvalue weighted by molar-refractivity contribution is 7.00. The maximum absolute atomic E-state index is 5.87. The fourth-order valence-corrected chi connectivity index (χ4v) is 13.3. The number of anilines is 6. The molecule has 2 aliphatic rings. The predicted octanol–water partition coefficient (Wildman–Crippen LogP) is 21.4. The van der Waals surface area contributed by atoms with Gasteiger partial charge in [0.25, 0.3) is 6.71 Å². The van der Waals surface area contributed by atoms with Gasteiger partial charge in [-0.25, -0.2) is 9.97 Å². The van der Waals surface area contributed by atoms with Crippen LogP contribution in [-0.2, 0) is 21.7 Å². The summed E-state index contributed by atoms with van der Waals surface area (Å²) in [7, 11) is 0. The molecular formula is C86H79BN4. The van der Waals surface area contributed by atoms with Crippen molar-refractivity contribution in [3.8, 4) is 78.4 Å². The SMILES string of the molecule is CC(C)(C)c1cc(-c2cc(-c3cc4c5c(c3)N(c3ccc(-c6ccccc6)cc3)c3ccc(-c6ccccc6)cc3B5c3cc(-c5ccccc5)ccc3N4c3ccc(-c4ccccc4)cc3)nc(-c3cc(C(C)(C)C)cc(C(C)(C)C)c3)n2)cc(C(C)(C)C)c1. The topological polar surface area (TPSA) is 32.3 Å². The predicted molar refractivity (Wildman–Crippen MR) is 389 cm³/mol. The second-order valence-electron chi connectivity index (χ2n) is 29.2. The third-order valence-electron chi connectivity index (χ3n) is 18.7. The fraction of sp³-hybridized carbons (Fsp3) is 0.186. The Morgan fingerprint density at radius 2 is 0.549 bits per heavy atom. The Kier molecular flexibility index (Phi) is 14.6. The van der Waals surface area contributed by atoms with Crippen LogP contribution < -0.4 is 26.2 Å². The van der Waals surface area contributed by atoms with E-state index in [0.717, 1.165) is 62.2 Å². The number of nitrogens with zero attached hydrogens (tertiary/aromatic N) is 4. The summed E-state index contributed by atoms with van der Waals surface area (Å²) in [5.41, 5.74) is 29.1. The second-order valence-corrected chi connectivity index (χ2v) is 29.2. The van der Waals surface area contributed by atoms with Gasteiger partial charge < -0.3 is 9.80 Å². The van der Waals surface area contributed by atoms with E-state index in [-0.39, 0.29) is 28.4 Å². The largest absolute Gasteiger partial charge is 0.311 e. The summed E-state index contributed by atoms with van der Waals surface area (Å²) in [6, 6.07) is 97.3. The molecule has 0 atom stereocenters. The molecule has 446 valence electrons. The van der Waals surface area contributed by atoms with E-state index in [1.807, 2.05) is 0 Å². The van der Waals surface area contributed by atoms with E-state index >= 15 is 0 Å². The molecule has 0 saturated heterocycles. The summed E-state index contributed by atoms with van der Waals surface area (Å²) in [4.78, 5) is 16.7. The van der Waals surface area contributed by atoms with Crippen molar-refractivity contribution in [2.75, 3.05) is 9.80 Å². The maximum Gasteiger partial charge on any atom is 0.252 e. The van der Waals surface area contributed by atoms with Crippen molar-refractivity contribution in [2.45, 2.75) is 105 Å². The summed E-state index contributed by atoms with van der Waals surface area (Å²) in [6.45, 7) is 27.6. The Bertz CT molecular complexity index is 4340. The smallest absolute Gasteiger partial charge is 0.252 e. The third kappa shape index (κ3) is 11.3. The Hall–Kier alpha value is -9.84. The van der Waals surface area contributed by atoms with E-state index in [2.05, 4.69) is 354 Å². The highest BCUT2D eigenvalue weighted by atomic mass is 15.2. The summed E-state index contributed by atoms with van der Waals surface area (Å²) in [5, 5.41) is 0. The maximum atomic E-state index is 5.87. The molecule has 0 radical (unpaired) electrons. The molecule has 0 amide bonds. The van der Waals surface area contributed by atoms with Crippen LogP contribution in [0, 0.1) is 0 Å². The Morgan fingerprint density at radius 1 is 0.253 bits per heavy atom. The van der Waals surface area contributed by atoms with Crippen molar-refractivity contribution in [3.05, 3.63) is 283 Å². The van der Waals surface area contributed by atoms with Crippen molar-refractivity contribution in [2.24, 2.45) is 0 Å². The van der Waals surface area contributed by atoms with E-state index < -0.39 is 0 Å². The van der Waals surface area contributed by atoms with Crippen molar-refractivity contribution in [1.29, 1.82) is 0 Å². The molecule has 0 unspecified atom stereocenters. The van der Waals surface area contributed by atoms with E-state index in [1.54, 1.807) is 0 Å². The zero-order chi connectivity index (χ0) is 63.1. The number of rotatable bonds is 9. The van der Waals surface area contributed by atoms with Crippen LogP contribution in [0.25, 0.3) is 78.4 Å². The van der Waals surface area contributed by atoms with E-state index in [4.69, 9.17) is 9.97 Å². The molecular weight excluding hydrogens is 1100 g/mol.